The molecular weight excluding hydrogens is 376 g/mol. The van der Waals surface area contributed by atoms with Gasteiger partial charge < -0.3 is 10.1 Å². The average molecular weight is 407 g/mol. The van der Waals surface area contributed by atoms with E-state index >= 15 is 0 Å². The Labute approximate surface area is 178 Å². The van der Waals surface area contributed by atoms with Crippen molar-refractivity contribution in [2.24, 2.45) is 17.0 Å². The molecule has 2 fully saturated rings. The maximum atomic E-state index is 13.1. The van der Waals surface area contributed by atoms with Gasteiger partial charge in [-0.15, -0.1) is 0 Å². The molecule has 1 N–H and O–H groups in total. The van der Waals surface area contributed by atoms with E-state index in [1.54, 1.807) is 0 Å². The van der Waals surface area contributed by atoms with Gasteiger partial charge in [0.2, 0.25) is 5.91 Å². The number of aromatic nitrogens is 1. The predicted molar refractivity (Wildman–Crippen MR) is 116 cm³/mol. The number of hydrogen-bond acceptors (Lipinski definition) is 5. The molecule has 0 bridgehead atoms. The Morgan fingerprint density at radius 1 is 0.933 bits per heavy atom. The van der Waals surface area contributed by atoms with Crippen molar-refractivity contribution in [3.63, 3.8) is 0 Å². The first-order valence-electron chi connectivity index (χ1n) is 10.9. The van der Waals surface area contributed by atoms with Gasteiger partial charge in [0, 0.05) is 43.9 Å². The number of oxime groups is 1. The Balaban J connectivity index is 1.26. The molecule has 30 heavy (non-hydrogen) atoms. The van der Waals surface area contributed by atoms with Gasteiger partial charge in [-0.2, -0.15) is 0 Å². The highest BCUT2D eigenvalue weighted by Crippen LogP contribution is 2.26. The van der Waals surface area contributed by atoms with Gasteiger partial charge in [-0.25, -0.2) is 0 Å². The van der Waals surface area contributed by atoms with Crippen LogP contribution in [-0.2, 0) is 11.3 Å². The van der Waals surface area contributed by atoms with E-state index in [9.17, 15) is 10.0 Å². The first-order chi connectivity index (χ1) is 14.7. The minimum absolute atomic E-state index is 0.135. The van der Waals surface area contributed by atoms with Crippen LogP contribution in [0.5, 0.6) is 0 Å². The van der Waals surface area contributed by atoms with Crippen LogP contribution in [0.1, 0.15) is 36.8 Å². The van der Waals surface area contributed by atoms with E-state index < -0.39 is 0 Å². The summed E-state index contributed by atoms with van der Waals surface area (Å²) in [5.41, 5.74) is 2.98. The zero-order valence-electron chi connectivity index (χ0n) is 17.4. The van der Waals surface area contributed by atoms with Gasteiger partial charge in [0.15, 0.2) is 0 Å². The van der Waals surface area contributed by atoms with Crippen molar-refractivity contribution in [1.82, 2.24) is 14.8 Å². The van der Waals surface area contributed by atoms with Crippen molar-refractivity contribution in [1.29, 1.82) is 0 Å². The van der Waals surface area contributed by atoms with E-state index in [1.807, 2.05) is 47.6 Å². The molecule has 0 unspecified atom stereocenters. The zero-order chi connectivity index (χ0) is 20.8. The lowest BCUT2D eigenvalue weighted by Gasteiger charge is -2.37. The summed E-state index contributed by atoms with van der Waals surface area (Å²) in [5, 5.41) is 13.1. The first kappa shape index (κ1) is 20.5. The molecule has 2 saturated heterocycles. The third-order valence-corrected chi connectivity index (χ3v) is 6.46. The summed E-state index contributed by atoms with van der Waals surface area (Å²) < 4.78 is 0. The van der Waals surface area contributed by atoms with Gasteiger partial charge >= 0.3 is 0 Å². The van der Waals surface area contributed by atoms with E-state index in [4.69, 9.17) is 0 Å². The number of likely N-dealkylation sites (tertiary alicyclic amines) is 2. The van der Waals surface area contributed by atoms with Crippen molar-refractivity contribution in [3.05, 3.63) is 66.0 Å². The number of rotatable bonds is 5. The van der Waals surface area contributed by atoms with Gasteiger partial charge in [-0.1, -0.05) is 35.5 Å². The van der Waals surface area contributed by atoms with Gasteiger partial charge in [0.05, 0.1) is 5.71 Å². The molecule has 2 aliphatic rings. The maximum Gasteiger partial charge on any atom is 0.225 e. The molecule has 2 aromatic rings. The van der Waals surface area contributed by atoms with Crippen LogP contribution in [0.15, 0.2) is 60.0 Å². The SMILES string of the molecule is O=C(C1CCN(Cc2ccncc2)CC1)N1CCC(/C(=N/O)c2ccccc2)CC1. The molecule has 0 saturated carbocycles. The second-order valence-electron chi connectivity index (χ2n) is 8.36. The summed E-state index contributed by atoms with van der Waals surface area (Å²) >= 11 is 0. The number of pyridine rings is 1. The van der Waals surface area contributed by atoms with Crippen LogP contribution in [0.4, 0.5) is 0 Å². The molecule has 2 aliphatic heterocycles. The minimum Gasteiger partial charge on any atom is -0.411 e. The number of benzene rings is 1. The van der Waals surface area contributed by atoms with Crippen molar-refractivity contribution in [2.75, 3.05) is 26.2 Å². The normalized spacial score (nSPS) is 19.7. The van der Waals surface area contributed by atoms with Crippen LogP contribution < -0.4 is 0 Å². The average Bonchev–Trinajstić information content (AvgIpc) is 2.81. The van der Waals surface area contributed by atoms with Crippen LogP contribution in [0.25, 0.3) is 0 Å². The lowest BCUT2D eigenvalue weighted by atomic mass is 9.87. The van der Waals surface area contributed by atoms with Crippen LogP contribution in [0.2, 0.25) is 0 Å². The van der Waals surface area contributed by atoms with E-state index in [-0.39, 0.29) is 11.8 Å². The van der Waals surface area contributed by atoms with Gasteiger partial charge in [0.1, 0.15) is 0 Å². The van der Waals surface area contributed by atoms with Crippen molar-refractivity contribution >= 4 is 11.6 Å². The molecule has 0 spiro atoms. The summed E-state index contributed by atoms with van der Waals surface area (Å²) in [6, 6.07) is 13.9. The smallest absolute Gasteiger partial charge is 0.225 e. The van der Waals surface area contributed by atoms with Crippen LogP contribution in [0.3, 0.4) is 0 Å². The molecule has 158 valence electrons. The molecule has 1 aromatic heterocycles. The molecule has 1 aromatic carbocycles. The quantitative estimate of drug-likeness (QED) is 0.469. The number of carbonyl (C=O) groups excluding carboxylic acids is 1. The molecule has 6 heteroatoms. The van der Waals surface area contributed by atoms with Crippen LogP contribution in [-0.4, -0.2) is 57.8 Å². The van der Waals surface area contributed by atoms with Crippen molar-refractivity contribution in [3.8, 4) is 0 Å². The van der Waals surface area contributed by atoms with Crippen LogP contribution >= 0.6 is 0 Å². The summed E-state index contributed by atoms with van der Waals surface area (Å²) in [6.07, 6.45) is 7.22. The topological polar surface area (TPSA) is 69.0 Å². The van der Waals surface area contributed by atoms with Gasteiger partial charge in [-0.05, 0) is 62.0 Å². The number of carbonyl (C=O) groups is 1. The first-order valence-corrected chi connectivity index (χ1v) is 10.9. The highest BCUT2D eigenvalue weighted by Gasteiger charge is 2.32. The molecule has 6 nitrogen and oxygen atoms in total. The van der Waals surface area contributed by atoms with E-state index in [0.29, 0.717) is 5.91 Å². The number of nitrogens with zero attached hydrogens (tertiary/aromatic N) is 4. The lowest BCUT2D eigenvalue weighted by Crippen LogP contribution is -2.46. The fraction of sp³-hybridized carbons (Fsp3) is 0.458. The second-order valence-corrected chi connectivity index (χ2v) is 8.36. The monoisotopic (exact) mass is 406 g/mol. The summed E-state index contributed by atoms with van der Waals surface area (Å²) in [6.45, 7) is 4.34. The zero-order valence-corrected chi connectivity index (χ0v) is 17.4. The number of piperidine rings is 2. The summed E-state index contributed by atoms with van der Waals surface area (Å²) in [7, 11) is 0. The minimum atomic E-state index is 0.135. The van der Waals surface area contributed by atoms with E-state index in [0.717, 1.165) is 69.7 Å². The third kappa shape index (κ3) is 4.87. The Hall–Kier alpha value is -2.73. The fourth-order valence-corrected chi connectivity index (χ4v) is 4.70. The molecule has 0 aliphatic carbocycles. The molecule has 3 heterocycles. The number of amides is 1. The lowest BCUT2D eigenvalue weighted by molar-refractivity contribution is -0.138. The van der Waals surface area contributed by atoms with Gasteiger partial charge in [0.25, 0.3) is 0 Å². The second kappa shape index (κ2) is 9.85. The Kier molecular flexibility index (Phi) is 6.74. The van der Waals surface area contributed by atoms with E-state index in [2.05, 4.69) is 27.2 Å². The summed E-state index contributed by atoms with van der Waals surface area (Å²) in [4.78, 5) is 21.6. The number of hydrogen-bond donors (Lipinski definition) is 1. The molecule has 0 atom stereocenters. The predicted octanol–water partition coefficient (Wildman–Crippen LogP) is 3.41. The van der Waals surface area contributed by atoms with Crippen LogP contribution in [0, 0.1) is 11.8 Å². The standard InChI is InChI=1S/C24H30N4O2/c29-24(22-8-14-27(15-9-22)18-19-6-12-25-13-7-19)28-16-10-21(11-17-28)23(26-30)20-4-2-1-3-5-20/h1-7,12-13,21-22,30H,8-11,14-18H2/b26-23+. The molecule has 1 amide bonds. The van der Waals surface area contributed by atoms with Crippen molar-refractivity contribution in [2.45, 2.75) is 32.2 Å². The molecule has 4 rings (SSSR count). The van der Waals surface area contributed by atoms with Crippen molar-refractivity contribution < 1.29 is 10.0 Å². The maximum absolute atomic E-state index is 13.1. The molecular formula is C24H30N4O2. The summed E-state index contributed by atoms with van der Waals surface area (Å²) in [5.74, 6) is 0.637. The van der Waals surface area contributed by atoms with Gasteiger partial charge in [-0.3, -0.25) is 14.7 Å². The Morgan fingerprint density at radius 2 is 1.57 bits per heavy atom. The highest BCUT2D eigenvalue weighted by molar-refractivity contribution is 6.02. The van der Waals surface area contributed by atoms with E-state index in [1.165, 1.54) is 5.56 Å². The largest absolute Gasteiger partial charge is 0.411 e. The highest BCUT2D eigenvalue weighted by atomic mass is 16.4. The fourth-order valence-electron chi connectivity index (χ4n) is 4.70. The molecule has 0 radical (unpaired) electrons. The Bertz CT molecular complexity index is 840. The Morgan fingerprint density at radius 3 is 2.20 bits per heavy atom. The third-order valence-electron chi connectivity index (χ3n) is 6.46.